The highest BCUT2D eigenvalue weighted by molar-refractivity contribution is 9.11. The van der Waals surface area contributed by atoms with Crippen LogP contribution < -0.4 is 14.8 Å². The molecule has 1 N–H and O–H groups in total. The van der Waals surface area contributed by atoms with E-state index in [1.165, 1.54) is 11.3 Å². The molecular formula is C19H13Br2N3O3S. The number of pyridine rings is 1. The van der Waals surface area contributed by atoms with Gasteiger partial charge in [0.05, 0.1) is 21.8 Å². The average Bonchev–Trinajstić information content (AvgIpc) is 3.08. The molecule has 0 bridgehead atoms. The Labute approximate surface area is 181 Å². The number of amides is 1. The molecule has 0 aliphatic heterocycles. The maximum atomic E-state index is 12.4. The fourth-order valence-corrected chi connectivity index (χ4v) is 4.96. The van der Waals surface area contributed by atoms with Gasteiger partial charge < -0.3 is 9.47 Å². The fraction of sp³-hybridized carbons (Fsp3) is 0.105. The number of carbonyl (C=O) groups is 1. The van der Waals surface area contributed by atoms with E-state index in [1.807, 2.05) is 36.4 Å². The summed E-state index contributed by atoms with van der Waals surface area (Å²) in [7, 11) is 1.61. The third-order valence-electron chi connectivity index (χ3n) is 3.94. The molecule has 142 valence electrons. The van der Waals surface area contributed by atoms with Crippen LogP contribution in [0.5, 0.6) is 11.5 Å². The summed E-state index contributed by atoms with van der Waals surface area (Å²) in [4.78, 5) is 21.1. The summed E-state index contributed by atoms with van der Waals surface area (Å²) in [5.74, 6) is 0.963. The van der Waals surface area contributed by atoms with Gasteiger partial charge in [-0.25, -0.2) is 4.98 Å². The second-order valence-corrected chi connectivity index (χ2v) is 8.50. The number of halogens is 2. The molecule has 28 heavy (non-hydrogen) atoms. The Morgan fingerprint density at radius 2 is 2.07 bits per heavy atom. The largest absolute Gasteiger partial charge is 0.497 e. The van der Waals surface area contributed by atoms with Crippen molar-refractivity contribution in [1.82, 2.24) is 9.97 Å². The lowest BCUT2D eigenvalue weighted by Crippen LogP contribution is -2.20. The number of methoxy groups -OCH3 is 1. The minimum absolute atomic E-state index is 0.162. The molecule has 6 nitrogen and oxygen atoms in total. The van der Waals surface area contributed by atoms with Crippen molar-refractivity contribution in [3.05, 3.63) is 51.5 Å². The molecule has 0 spiro atoms. The van der Waals surface area contributed by atoms with Crippen molar-refractivity contribution in [1.29, 1.82) is 0 Å². The van der Waals surface area contributed by atoms with Gasteiger partial charge in [0.15, 0.2) is 17.5 Å². The van der Waals surface area contributed by atoms with Crippen LogP contribution in [0.15, 0.2) is 51.5 Å². The predicted molar refractivity (Wildman–Crippen MR) is 117 cm³/mol. The van der Waals surface area contributed by atoms with Crippen LogP contribution in [0.2, 0.25) is 0 Å². The van der Waals surface area contributed by atoms with E-state index in [9.17, 15) is 4.79 Å². The zero-order valence-electron chi connectivity index (χ0n) is 14.5. The molecule has 2 heterocycles. The molecule has 0 radical (unpaired) electrons. The van der Waals surface area contributed by atoms with Gasteiger partial charge in [-0.05, 0) is 46.3 Å². The quantitative estimate of drug-likeness (QED) is 0.380. The molecular weight excluding hydrogens is 510 g/mol. The molecule has 0 unspecified atom stereocenters. The maximum Gasteiger partial charge on any atom is 0.264 e. The first-order chi connectivity index (χ1) is 13.5. The lowest BCUT2D eigenvalue weighted by atomic mass is 10.2. The highest BCUT2D eigenvalue weighted by Gasteiger charge is 2.14. The number of aromatic nitrogens is 2. The van der Waals surface area contributed by atoms with Crippen molar-refractivity contribution < 1.29 is 14.3 Å². The number of hydrogen-bond donors (Lipinski definition) is 1. The number of thiazole rings is 1. The zero-order valence-corrected chi connectivity index (χ0v) is 18.5. The molecule has 0 saturated carbocycles. The Balaban J connectivity index is 1.50. The van der Waals surface area contributed by atoms with E-state index in [-0.39, 0.29) is 12.5 Å². The Hall–Kier alpha value is -2.23. The molecule has 0 saturated heterocycles. The van der Waals surface area contributed by atoms with Gasteiger partial charge in [-0.3, -0.25) is 15.1 Å². The molecule has 1 amide bonds. The van der Waals surface area contributed by atoms with E-state index in [1.54, 1.807) is 13.3 Å². The summed E-state index contributed by atoms with van der Waals surface area (Å²) in [5, 5.41) is 4.19. The van der Waals surface area contributed by atoms with Gasteiger partial charge in [-0.2, -0.15) is 0 Å². The van der Waals surface area contributed by atoms with Crippen molar-refractivity contribution >= 4 is 75.4 Å². The molecule has 2 aromatic heterocycles. The van der Waals surface area contributed by atoms with Gasteiger partial charge in [-0.1, -0.05) is 33.3 Å². The van der Waals surface area contributed by atoms with Crippen LogP contribution in [-0.4, -0.2) is 29.6 Å². The third-order valence-corrected chi connectivity index (χ3v) is 6.12. The van der Waals surface area contributed by atoms with E-state index in [4.69, 9.17) is 9.47 Å². The monoisotopic (exact) mass is 521 g/mol. The number of fused-ring (bicyclic) bond motifs is 2. The van der Waals surface area contributed by atoms with Gasteiger partial charge in [0.2, 0.25) is 0 Å². The van der Waals surface area contributed by atoms with E-state index in [0.29, 0.717) is 20.9 Å². The average molecular weight is 523 g/mol. The second kappa shape index (κ2) is 8.02. The lowest BCUT2D eigenvalue weighted by Gasteiger charge is -2.11. The number of nitrogens with one attached hydrogen (secondary N) is 1. The summed E-state index contributed by atoms with van der Waals surface area (Å²) in [6, 6.07) is 11.2. The van der Waals surface area contributed by atoms with Crippen LogP contribution in [0.3, 0.4) is 0 Å². The number of carbonyl (C=O) groups excluding carboxylic acids is 1. The van der Waals surface area contributed by atoms with Crippen LogP contribution in [0.25, 0.3) is 21.1 Å². The summed E-state index contributed by atoms with van der Waals surface area (Å²) in [6.45, 7) is -0.162. The molecule has 0 fully saturated rings. The Bertz CT molecular complexity index is 1200. The van der Waals surface area contributed by atoms with Gasteiger partial charge >= 0.3 is 0 Å². The van der Waals surface area contributed by atoms with Crippen molar-refractivity contribution in [3.8, 4) is 11.5 Å². The minimum atomic E-state index is -0.301. The highest BCUT2D eigenvalue weighted by atomic mass is 79.9. The molecule has 2 aromatic carbocycles. The lowest BCUT2D eigenvalue weighted by molar-refractivity contribution is -0.118. The molecule has 0 aliphatic carbocycles. The fourth-order valence-electron chi connectivity index (χ4n) is 2.66. The van der Waals surface area contributed by atoms with E-state index >= 15 is 0 Å². The zero-order chi connectivity index (χ0) is 19.7. The van der Waals surface area contributed by atoms with Gasteiger partial charge in [-0.15, -0.1) is 0 Å². The van der Waals surface area contributed by atoms with E-state index in [0.717, 1.165) is 25.8 Å². The first-order valence-electron chi connectivity index (χ1n) is 8.15. The normalized spacial score (nSPS) is 11.0. The Morgan fingerprint density at radius 3 is 2.89 bits per heavy atom. The number of ether oxygens (including phenoxy) is 2. The first kappa shape index (κ1) is 19.1. The maximum absolute atomic E-state index is 12.4. The highest BCUT2D eigenvalue weighted by Crippen LogP contribution is 2.37. The summed E-state index contributed by atoms with van der Waals surface area (Å²) in [6.07, 6.45) is 1.68. The summed E-state index contributed by atoms with van der Waals surface area (Å²) >= 11 is 8.36. The number of benzene rings is 2. The van der Waals surface area contributed by atoms with Gasteiger partial charge in [0, 0.05) is 16.1 Å². The molecule has 4 aromatic rings. The molecule has 0 aliphatic rings. The standard InChI is InChI=1S/C19H13Br2N3O3S/c1-26-10-4-5-14-15(7-10)28-19(23-14)24-16(25)9-27-18-13(21)8-12(20)11-3-2-6-22-17(11)18/h2-8H,9H2,1H3,(H,23,24,25). The van der Waals surface area contributed by atoms with Crippen molar-refractivity contribution in [2.24, 2.45) is 0 Å². The van der Waals surface area contributed by atoms with Gasteiger partial charge in [0.1, 0.15) is 11.3 Å². The SMILES string of the molecule is COc1ccc2nc(NC(=O)COc3c(Br)cc(Br)c4cccnc34)sc2c1. The Kier molecular flexibility index (Phi) is 5.47. The van der Waals surface area contributed by atoms with Crippen molar-refractivity contribution in [2.45, 2.75) is 0 Å². The van der Waals surface area contributed by atoms with Gasteiger partial charge in [0.25, 0.3) is 5.91 Å². The smallest absolute Gasteiger partial charge is 0.264 e. The number of rotatable bonds is 5. The number of anilines is 1. The van der Waals surface area contributed by atoms with Crippen LogP contribution in [0.1, 0.15) is 0 Å². The first-order valence-corrected chi connectivity index (χ1v) is 10.6. The molecule has 4 rings (SSSR count). The van der Waals surface area contributed by atoms with E-state index < -0.39 is 0 Å². The summed E-state index contributed by atoms with van der Waals surface area (Å²) in [5.41, 5.74) is 1.47. The van der Waals surface area contributed by atoms with Crippen LogP contribution in [-0.2, 0) is 4.79 Å². The van der Waals surface area contributed by atoms with Crippen LogP contribution >= 0.6 is 43.2 Å². The second-order valence-electron chi connectivity index (χ2n) is 5.76. The molecule has 0 atom stereocenters. The van der Waals surface area contributed by atoms with Crippen molar-refractivity contribution in [2.75, 3.05) is 19.0 Å². The van der Waals surface area contributed by atoms with E-state index in [2.05, 4.69) is 47.1 Å². The topological polar surface area (TPSA) is 73.3 Å². The minimum Gasteiger partial charge on any atom is -0.497 e. The number of hydrogen-bond acceptors (Lipinski definition) is 6. The predicted octanol–water partition coefficient (Wildman–Crippen LogP) is 5.40. The third kappa shape index (κ3) is 3.82. The van der Waals surface area contributed by atoms with Crippen LogP contribution in [0.4, 0.5) is 5.13 Å². The summed E-state index contributed by atoms with van der Waals surface area (Å²) < 4.78 is 13.5. The Morgan fingerprint density at radius 1 is 1.21 bits per heavy atom. The number of nitrogens with zero attached hydrogens (tertiary/aromatic N) is 2. The van der Waals surface area contributed by atoms with Crippen LogP contribution in [0, 0.1) is 0 Å². The van der Waals surface area contributed by atoms with Crippen molar-refractivity contribution in [3.63, 3.8) is 0 Å². The molecule has 9 heteroatoms.